The number of Topliss-reactive ketones (excluding diaryl/α,β-unsaturated/α-hetero) is 1. The molecule has 0 radical (unpaired) electrons. The van der Waals surface area contributed by atoms with Crippen molar-refractivity contribution in [2.45, 2.75) is 45.4 Å². The van der Waals surface area contributed by atoms with E-state index in [1.807, 2.05) is 67.3 Å². The fourth-order valence-corrected chi connectivity index (χ4v) is 5.92. The first kappa shape index (κ1) is 26.1. The lowest BCUT2D eigenvalue weighted by Crippen LogP contribution is -2.33. The number of fused-ring (bicyclic) bond motifs is 2. The molecule has 210 valence electrons. The number of aromatic amines is 1. The van der Waals surface area contributed by atoms with E-state index in [4.69, 9.17) is 9.72 Å². The van der Waals surface area contributed by atoms with Crippen LogP contribution in [0.15, 0.2) is 73.1 Å². The van der Waals surface area contributed by atoms with Crippen LogP contribution in [0.25, 0.3) is 33.5 Å². The molecule has 0 saturated heterocycles. The average molecular weight is 557 g/mol. The Morgan fingerprint density at radius 3 is 2.64 bits per heavy atom. The summed E-state index contributed by atoms with van der Waals surface area (Å²) in [6.07, 6.45) is 5.35. The molecule has 7 nitrogen and oxygen atoms in total. The van der Waals surface area contributed by atoms with Crippen molar-refractivity contribution < 1.29 is 14.3 Å². The molecule has 42 heavy (non-hydrogen) atoms. The van der Waals surface area contributed by atoms with E-state index in [1.165, 1.54) is 18.4 Å². The molecule has 7 rings (SSSR count). The standard InChI is InChI=1S/C35H32N4O3/c1-3-5-31(40)24-12-10-23(11-13-24)29-19-28-33(36-20-37-34(28)38-29)26-6-4-7-30(21(26)2)39-16-17-42-32-18-25(22-8-9-22)14-15-27(32)35(39)41/h4,6-7,10-15,18-20,22H,3,5,8-9,16-17H2,1-2H3,(H,36,37,38). The van der Waals surface area contributed by atoms with Crippen molar-refractivity contribution in [3.8, 4) is 28.3 Å². The smallest absolute Gasteiger partial charge is 0.262 e. The third kappa shape index (κ3) is 4.65. The van der Waals surface area contributed by atoms with Crippen LogP contribution >= 0.6 is 0 Å². The van der Waals surface area contributed by atoms with Crippen LogP contribution in [-0.2, 0) is 0 Å². The summed E-state index contributed by atoms with van der Waals surface area (Å²) in [6, 6.07) is 21.8. The summed E-state index contributed by atoms with van der Waals surface area (Å²) in [4.78, 5) is 40.5. The first-order valence-electron chi connectivity index (χ1n) is 14.7. The van der Waals surface area contributed by atoms with E-state index in [1.54, 1.807) is 6.33 Å². The van der Waals surface area contributed by atoms with Gasteiger partial charge >= 0.3 is 0 Å². The van der Waals surface area contributed by atoms with E-state index in [9.17, 15) is 9.59 Å². The van der Waals surface area contributed by atoms with Crippen molar-refractivity contribution in [1.29, 1.82) is 0 Å². The van der Waals surface area contributed by atoms with E-state index in [0.717, 1.165) is 56.8 Å². The molecule has 1 fully saturated rings. The zero-order chi connectivity index (χ0) is 28.8. The van der Waals surface area contributed by atoms with Crippen LogP contribution < -0.4 is 9.64 Å². The summed E-state index contributed by atoms with van der Waals surface area (Å²) in [5, 5.41) is 0.891. The second kappa shape index (κ2) is 10.6. The second-order valence-corrected chi connectivity index (χ2v) is 11.2. The molecular weight excluding hydrogens is 524 g/mol. The van der Waals surface area contributed by atoms with E-state index in [0.29, 0.717) is 36.8 Å². The third-order valence-electron chi connectivity index (χ3n) is 8.37. The molecule has 1 amide bonds. The van der Waals surface area contributed by atoms with Crippen LogP contribution in [0.5, 0.6) is 5.75 Å². The number of benzene rings is 3. The van der Waals surface area contributed by atoms with Crippen molar-refractivity contribution in [2.75, 3.05) is 18.1 Å². The molecule has 5 aromatic rings. The lowest BCUT2D eigenvalue weighted by molar-refractivity contribution is 0.0977. The molecular formula is C35H32N4O3. The number of carbonyl (C=O) groups is 2. The maximum absolute atomic E-state index is 13.8. The number of aromatic nitrogens is 3. The largest absolute Gasteiger partial charge is 0.491 e. The molecule has 1 N–H and O–H groups in total. The van der Waals surface area contributed by atoms with Gasteiger partial charge in [-0.25, -0.2) is 9.97 Å². The summed E-state index contributed by atoms with van der Waals surface area (Å²) < 4.78 is 6.07. The monoisotopic (exact) mass is 556 g/mol. The van der Waals surface area contributed by atoms with Crippen LogP contribution in [-0.4, -0.2) is 39.8 Å². The van der Waals surface area contributed by atoms with E-state index >= 15 is 0 Å². The van der Waals surface area contributed by atoms with E-state index in [2.05, 4.69) is 28.2 Å². The minimum atomic E-state index is -0.0530. The Bertz CT molecular complexity index is 1840. The Labute approximate surface area is 244 Å². The average Bonchev–Trinajstić information content (AvgIpc) is 3.79. The third-order valence-corrected chi connectivity index (χ3v) is 8.37. The first-order valence-corrected chi connectivity index (χ1v) is 14.7. The highest BCUT2D eigenvalue weighted by atomic mass is 16.5. The fraction of sp³-hybridized carbons (Fsp3) is 0.257. The predicted octanol–water partition coefficient (Wildman–Crippen LogP) is 7.50. The summed E-state index contributed by atoms with van der Waals surface area (Å²) >= 11 is 0. The quantitative estimate of drug-likeness (QED) is 0.210. The number of amides is 1. The van der Waals surface area contributed by atoms with Gasteiger partial charge in [0, 0.05) is 34.3 Å². The number of rotatable bonds is 7. The minimum Gasteiger partial charge on any atom is -0.491 e. The zero-order valence-corrected chi connectivity index (χ0v) is 23.8. The van der Waals surface area contributed by atoms with Crippen molar-refractivity contribution in [1.82, 2.24) is 15.0 Å². The Balaban J connectivity index is 1.23. The number of carbonyl (C=O) groups excluding carboxylic acids is 2. The van der Waals surface area contributed by atoms with Gasteiger partial charge in [0.2, 0.25) is 0 Å². The lowest BCUT2D eigenvalue weighted by Gasteiger charge is -2.23. The van der Waals surface area contributed by atoms with Crippen LogP contribution in [0.4, 0.5) is 5.69 Å². The van der Waals surface area contributed by atoms with Gasteiger partial charge in [0.25, 0.3) is 5.91 Å². The molecule has 0 bridgehead atoms. The van der Waals surface area contributed by atoms with Gasteiger partial charge in [-0.1, -0.05) is 49.4 Å². The number of anilines is 1. The van der Waals surface area contributed by atoms with Crippen LogP contribution in [0, 0.1) is 6.92 Å². The predicted molar refractivity (Wildman–Crippen MR) is 164 cm³/mol. The highest BCUT2D eigenvalue weighted by Gasteiger charge is 2.30. The number of nitrogens with one attached hydrogen (secondary N) is 1. The molecule has 1 aliphatic carbocycles. The van der Waals surface area contributed by atoms with Crippen molar-refractivity contribution in [3.63, 3.8) is 0 Å². The molecule has 2 aliphatic rings. The molecule has 2 aromatic heterocycles. The number of nitrogens with zero attached hydrogens (tertiary/aromatic N) is 3. The number of hydrogen-bond acceptors (Lipinski definition) is 5. The molecule has 3 aromatic carbocycles. The van der Waals surface area contributed by atoms with Gasteiger partial charge in [-0.3, -0.25) is 9.59 Å². The molecule has 1 saturated carbocycles. The Morgan fingerprint density at radius 1 is 1.02 bits per heavy atom. The lowest BCUT2D eigenvalue weighted by atomic mass is 9.99. The van der Waals surface area contributed by atoms with Gasteiger partial charge < -0.3 is 14.6 Å². The fourth-order valence-electron chi connectivity index (χ4n) is 5.92. The minimum absolute atomic E-state index is 0.0530. The van der Waals surface area contributed by atoms with E-state index < -0.39 is 0 Å². The van der Waals surface area contributed by atoms with Gasteiger partial charge in [-0.15, -0.1) is 0 Å². The molecule has 7 heteroatoms. The SMILES string of the molecule is CCCC(=O)c1ccc(-c2cc3c(-c4cccc(N5CCOc6cc(C7CC7)ccc6C5=O)c4C)ncnc3[nH]2)cc1. The second-order valence-electron chi connectivity index (χ2n) is 11.2. The van der Waals surface area contributed by atoms with Crippen LogP contribution in [0.3, 0.4) is 0 Å². The maximum atomic E-state index is 13.8. The van der Waals surface area contributed by atoms with Crippen molar-refractivity contribution in [3.05, 3.63) is 95.3 Å². The molecule has 0 atom stereocenters. The topological polar surface area (TPSA) is 88.2 Å². The van der Waals surface area contributed by atoms with Gasteiger partial charge in [0.15, 0.2) is 5.78 Å². The number of ether oxygens (including phenoxy) is 1. The first-order chi connectivity index (χ1) is 20.5. The van der Waals surface area contributed by atoms with Gasteiger partial charge in [0.1, 0.15) is 24.3 Å². The highest BCUT2D eigenvalue weighted by Crippen LogP contribution is 2.42. The van der Waals surface area contributed by atoms with Crippen molar-refractivity contribution >= 4 is 28.4 Å². The summed E-state index contributed by atoms with van der Waals surface area (Å²) in [7, 11) is 0. The zero-order valence-electron chi connectivity index (χ0n) is 23.8. The number of H-pyrrole nitrogens is 1. The Hall–Kier alpha value is -4.78. The van der Waals surface area contributed by atoms with Gasteiger partial charge in [-0.05, 0) is 73.1 Å². The Morgan fingerprint density at radius 2 is 1.86 bits per heavy atom. The highest BCUT2D eigenvalue weighted by molar-refractivity contribution is 6.09. The number of hydrogen-bond donors (Lipinski definition) is 1. The van der Waals surface area contributed by atoms with Crippen LogP contribution in [0.2, 0.25) is 0 Å². The summed E-state index contributed by atoms with van der Waals surface area (Å²) in [5.41, 5.74) is 8.72. The normalized spacial score (nSPS) is 14.9. The van der Waals surface area contributed by atoms with Gasteiger partial charge in [0.05, 0.1) is 17.8 Å². The van der Waals surface area contributed by atoms with E-state index in [-0.39, 0.29) is 11.7 Å². The Kier molecular flexibility index (Phi) is 6.57. The van der Waals surface area contributed by atoms with Crippen LogP contribution in [0.1, 0.15) is 70.4 Å². The molecule has 3 heterocycles. The number of ketones is 1. The van der Waals surface area contributed by atoms with Crippen molar-refractivity contribution in [2.24, 2.45) is 0 Å². The molecule has 0 spiro atoms. The summed E-state index contributed by atoms with van der Waals surface area (Å²) in [6.45, 7) is 4.93. The maximum Gasteiger partial charge on any atom is 0.262 e. The molecule has 0 unspecified atom stereocenters. The molecule has 1 aliphatic heterocycles. The summed E-state index contributed by atoms with van der Waals surface area (Å²) in [5.74, 6) is 1.38. The van der Waals surface area contributed by atoms with Gasteiger partial charge in [-0.2, -0.15) is 0 Å².